The molecule has 5 nitrogen and oxygen atoms in total. The number of nitrogens with zero attached hydrogens (tertiary/aromatic N) is 2. The van der Waals surface area contributed by atoms with E-state index in [0.29, 0.717) is 19.5 Å². The van der Waals surface area contributed by atoms with E-state index in [1.807, 2.05) is 6.92 Å². The van der Waals surface area contributed by atoms with Gasteiger partial charge in [-0.05, 0) is 26.3 Å². The van der Waals surface area contributed by atoms with Gasteiger partial charge in [-0.1, -0.05) is 6.42 Å². The summed E-state index contributed by atoms with van der Waals surface area (Å²) in [5.74, 6) is 0.0596. The molecule has 0 spiro atoms. The van der Waals surface area contributed by atoms with Gasteiger partial charge in [0, 0.05) is 12.6 Å². The number of hydrogen-bond donors (Lipinski definition) is 2. The lowest BCUT2D eigenvalue weighted by Crippen LogP contribution is -2.23. The van der Waals surface area contributed by atoms with Crippen molar-refractivity contribution in [2.24, 2.45) is 5.73 Å². The summed E-state index contributed by atoms with van der Waals surface area (Å²) in [6, 6.07) is 0. The molecule has 1 aromatic heterocycles. The average Bonchev–Trinajstić information content (AvgIpc) is 2.34. The minimum atomic E-state index is 0.0596. The number of aryl methyl sites for hydroxylation is 1. The summed E-state index contributed by atoms with van der Waals surface area (Å²) in [7, 11) is 0. The predicted molar refractivity (Wildman–Crippen MR) is 66.1 cm³/mol. The highest BCUT2D eigenvalue weighted by molar-refractivity contribution is 5.75. The molecule has 0 aromatic carbocycles. The van der Waals surface area contributed by atoms with Crippen LogP contribution in [0.4, 0.5) is 0 Å². The molecule has 3 N–H and O–H groups in total. The minimum absolute atomic E-state index is 0.0596. The molecule has 0 aliphatic heterocycles. The Morgan fingerprint density at radius 3 is 2.76 bits per heavy atom. The second-order valence-corrected chi connectivity index (χ2v) is 4.03. The molecular weight excluding hydrogens is 216 g/mol. The van der Waals surface area contributed by atoms with E-state index in [1.54, 1.807) is 12.4 Å². The fourth-order valence-electron chi connectivity index (χ4n) is 1.39. The third kappa shape index (κ3) is 5.97. The standard InChI is InChI=1S/C12H20N4O/c1-10-7-15-11(8-14-10)9-16-12(17)5-3-2-4-6-13/h7-8H,2-6,9,13H2,1H3,(H,16,17). The number of hydrogen-bond acceptors (Lipinski definition) is 4. The molecule has 0 atom stereocenters. The topological polar surface area (TPSA) is 80.9 Å². The van der Waals surface area contributed by atoms with Gasteiger partial charge in [-0.2, -0.15) is 0 Å². The molecule has 0 radical (unpaired) electrons. The Morgan fingerprint density at radius 2 is 2.12 bits per heavy atom. The molecule has 94 valence electrons. The van der Waals surface area contributed by atoms with Crippen LogP contribution in [0.5, 0.6) is 0 Å². The summed E-state index contributed by atoms with van der Waals surface area (Å²) in [6.45, 7) is 3.02. The van der Waals surface area contributed by atoms with Gasteiger partial charge in [0.1, 0.15) is 0 Å². The van der Waals surface area contributed by atoms with Gasteiger partial charge in [-0.25, -0.2) is 0 Å². The van der Waals surface area contributed by atoms with E-state index in [0.717, 1.165) is 30.7 Å². The zero-order valence-electron chi connectivity index (χ0n) is 10.3. The smallest absolute Gasteiger partial charge is 0.220 e. The van der Waals surface area contributed by atoms with Crippen LogP contribution in [0.15, 0.2) is 12.4 Å². The van der Waals surface area contributed by atoms with Gasteiger partial charge in [0.05, 0.1) is 24.1 Å². The second-order valence-electron chi connectivity index (χ2n) is 4.03. The average molecular weight is 236 g/mol. The minimum Gasteiger partial charge on any atom is -0.350 e. The first-order valence-electron chi connectivity index (χ1n) is 5.96. The van der Waals surface area contributed by atoms with E-state index in [4.69, 9.17) is 5.73 Å². The third-order valence-electron chi connectivity index (χ3n) is 2.41. The van der Waals surface area contributed by atoms with Crippen LogP contribution in [0, 0.1) is 6.92 Å². The second kappa shape index (κ2) is 7.73. The monoisotopic (exact) mass is 236 g/mol. The molecule has 1 aromatic rings. The maximum atomic E-state index is 11.5. The van der Waals surface area contributed by atoms with E-state index >= 15 is 0 Å². The van der Waals surface area contributed by atoms with Crippen molar-refractivity contribution in [1.29, 1.82) is 0 Å². The predicted octanol–water partition coefficient (Wildman–Crippen LogP) is 0.920. The summed E-state index contributed by atoms with van der Waals surface area (Å²) in [5, 5.41) is 2.82. The van der Waals surface area contributed by atoms with Gasteiger partial charge >= 0.3 is 0 Å². The molecule has 0 aliphatic rings. The van der Waals surface area contributed by atoms with Crippen LogP contribution in [0.25, 0.3) is 0 Å². The summed E-state index contributed by atoms with van der Waals surface area (Å²) in [4.78, 5) is 19.7. The van der Waals surface area contributed by atoms with E-state index in [-0.39, 0.29) is 5.91 Å². The molecule has 0 unspecified atom stereocenters. The van der Waals surface area contributed by atoms with Crippen molar-refractivity contribution in [2.45, 2.75) is 39.2 Å². The highest BCUT2D eigenvalue weighted by Crippen LogP contribution is 1.99. The van der Waals surface area contributed by atoms with Crippen molar-refractivity contribution in [2.75, 3.05) is 6.54 Å². The molecule has 0 fully saturated rings. The van der Waals surface area contributed by atoms with Gasteiger partial charge in [0.2, 0.25) is 5.91 Å². The van der Waals surface area contributed by atoms with Gasteiger partial charge in [0.15, 0.2) is 0 Å². The quantitative estimate of drug-likeness (QED) is 0.690. The van der Waals surface area contributed by atoms with Crippen molar-refractivity contribution in [3.8, 4) is 0 Å². The largest absolute Gasteiger partial charge is 0.350 e. The lowest BCUT2D eigenvalue weighted by molar-refractivity contribution is -0.121. The lowest BCUT2D eigenvalue weighted by Gasteiger charge is -2.04. The Labute approximate surface area is 102 Å². The summed E-state index contributed by atoms with van der Waals surface area (Å²) >= 11 is 0. The van der Waals surface area contributed by atoms with E-state index < -0.39 is 0 Å². The Balaban J connectivity index is 2.17. The molecule has 1 heterocycles. The Bertz CT molecular complexity index is 337. The van der Waals surface area contributed by atoms with Crippen LogP contribution in [0.3, 0.4) is 0 Å². The maximum absolute atomic E-state index is 11.5. The zero-order valence-corrected chi connectivity index (χ0v) is 10.3. The number of carbonyl (C=O) groups is 1. The SMILES string of the molecule is Cc1cnc(CNC(=O)CCCCCN)cn1. The molecule has 1 rings (SSSR count). The van der Waals surface area contributed by atoms with Crippen molar-refractivity contribution in [3.63, 3.8) is 0 Å². The summed E-state index contributed by atoms with van der Waals surface area (Å²) < 4.78 is 0. The van der Waals surface area contributed by atoms with Crippen molar-refractivity contribution in [3.05, 3.63) is 23.8 Å². The molecule has 0 saturated carbocycles. The van der Waals surface area contributed by atoms with Crippen LogP contribution in [-0.2, 0) is 11.3 Å². The van der Waals surface area contributed by atoms with E-state index in [1.165, 1.54) is 0 Å². The van der Waals surface area contributed by atoms with Crippen molar-refractivity contribution in [1.82, 2.24) is 15.3 Å². The first kappa shape index (κ1) is 13.6. The van der Waals surface area contributed by atoms with Crippen LogP contribution >= 0.6 is 0 Å². The van der Waals surface area contributed by atoms with Gasteiger partial charge in [-0.15, -0.1) is 0 Å². The molecule has 0 aliphatic carbocycles. The van der Waals surface area contributed by atoms with Gasteiger partial charge < -0.3 is 11.1 Å². The fourth-order valence-corrected chi connectivity index (χ4v) is 1.39. The first-order valence-corrected chi connectivity index (χ1v) is 5.96. The maximum Gasteiger partial charge on any atom is 0.220 e. The Morgan fingerprint density at radius 1 is 1.29 bits per heavy atom. The summed E-state index contributed by atoms with van der Waals surface area (Å²) in [5.41, 5.74) is 7.04. The number of rotatable bonds is 7. The first-order chi connectivity index (χ1) is 8.22. The van der Waals surface area contributed by atoms with Gasteiger partial charge in [0.25, 0.3) is 0 Å². The van der Waals surface area contributed by atoms with Crippen LogP contribution in [-0.4, -0.2) is 22.4 Å². The highest BCUT2D eigenvalue weighted by Gasteiger charge is 2.01. The summed E-state index contributed by atoms with van der Waals surface area (Å²) in [6.07, 6.45) is 6.82. The van der Waals surface area contributed by atoms with Crippen LogP contribution in [0.2, 0.25) is 0 Å². The highest BCUT2D eigenvalue weighted by atomic mass is 16.1. The Hall–Kier alpha value is -1.49. The molecule has 0 bridgehead atoms. The van der Waals surface area contributed by atoms with Crippen molar-refractivity contribution >= 4 is 5.91 Å². The van der Waals surface area contributed by atoms with Crippen molar-refractivity contribution < 1.29 is 4.79 Å². The Kier molecular flexibility index (Phi) is 6.17. The molecule has 17 heavy (non-hydrogen) atoms. The molecule has 0 saturated heterocycles. The number of amides is 1. The van der Waals surface area contributed by atoms with E-state index in [2.05, 4.69) is 15.3 Å². The number of carbonyl (C=O) groups excluding carboxylic acids is 1. The number of unbranched alkanes of at least 4 members (excludes halogenated alkanes) is 2. The number of nitrogens with two attached hydrogens (primary N) is 1. The fraction of sp³-hybridized carbons (Fsp3) is 0.583. The molecule has 1 amide bonds. The molecular formula is C12H20N4O. The van der Waals surface area contributed by atoms with E-state index in [9.17, 15) is 4.79 Å². The van der Waals surface area contributed by atoms with Gasteiger partial charge in [-0.3, -0.25) is 14.8 Å². The lowest BCUT2D eigenvalue weighted by atomic mass is 10.2. The third-order valence-corrected chi connectivity index (χ3v) is 2.41. The van der Waals surface area contributed by atoms with Crippen LogP contribution < -0.4 is 11.1 Å². The molecule has 5 heteroatoms. The zero-order chi connectivity index (χ0) is 12.5. The normalized spacial score (nSPS) is 10.2. The number of nitrogens with one attached hydrogen (secondary N) is 1. The number of aromatic nitrogens is 2. The van der Waals surface area contributed by atoms with Crippen LogP contribution in [0.1, 0.15) is 37.1 Å².